The Bertz CT molecular complexity index is 466. The highest BCUT2D eigenvalue weighted by Gasteiger charge is 2.56. The zero-order valence-electron chi connectivity index (χ0n) is 9.78. The van der Waals surface area contributed by atoms with Gasteiger partial charge in [0, 0.05) is 11.6 Å². The average Bonchev–Trinajstić information content (AvgIpc) is 3.13. The normalized spacial score (nSPS) is 16.1. The van der Waals surface area contributed by atoms with Gasteiger partial charge in [-0.2, -0.15) is 0 Å². The van der Waals surface area contributed by atoms with Crippen LogP contribution in [-0.2, 0) is 16.0 Å². The SMILES string of the molecule is O=C(O)C1(C(=O)NCCc2ccc(Cl)cc2)CC1. The molecule has 5 heteroatoms. The Morgan fingerprint density at radius 1 is 1.28 bits per heavy atom. The standard InChI is InChI=1S/C13H14ClNO3/c14-10-3-1-9(2-4-10)5-8-15-11(16)13(6-7-13)12(17)18/h1-4H,5-8H2,(H,15,16)(H,17,18). The van der Waals surface area contributed by atoms with E-state index in [1.54, 1.807) is 12.1 Å². The van der Waals surface area contributed by atoms with Crippen molar-refractivity contribution in [2.24, 2.45) is 5.41 Å². The summed E-state index contributed by atoms with van der Waals surface area (Å²) in [5.41, 5.74) is -0.0973. The Morgan fingerprint density at radius 2 is 1.89 bits per heavy atom. The summed E-state index contributed by atoms with van der Waals surface area (Å²) in [7, 11) is 0. The molecule has 1 aromatic rings. The van der Waals surface area contributed by atoms with Gasteiger partial charge in [-0.05, 0) is 37.0 Å². The maximum Gasteiger partial charge on any atom is 0.319 e. The van der Waals surface area contributed by atoms with E-state index in [1.807, 2.05) is 12.1 Å². The Hall–Kier alpha value is -1.55. The van der Waals surface area contributed by atoms with Crippen LogP contribution in [0.5, 0.6) is 0 Å². The molecule has 0 heterocycles. The second-order valence-electron chi connectivity index (χ2n) is 4.52. The number of nitrogens with one attached hydrogen (secondary N) is 1. The first-order valence-electron chi connectivity index (χ1n) is 5.81. The number of carboxylic acid groups (broad SMARTS) is 1. The van der Waals surface area contributed by atoms with Gasteiger partial charge in [0.25, 0.3) is 0 Å². The summed E-state index contributed by atoms with van der Waals surface area (Å²) in [6.07, 6.45) is 1.54. The number of amides is 1. The molecule has 1 aliphatic carbocycles. The lowest BCUT2D eigenvalue weighted by molar-refractivity contribution is -0.149. The summed E-state index contributed by atoms with van der Waals surface area (Å²) in [4.78, 5) is 22.6. The van der Waals surface area contributed by atoms with Gasteiger partial charge in [0.05, 0.1) is 0 Å². The van der Waals surface area contributed by atoms with E-state index in [9.17, 15) is 9.59 Å². The van der Waals surface area contributed by atoms with E-state index in [0.29, 0.717) is 30.8 Å². The maximum absolute atomic E-state index is 11.7. The van der Waals surface area contributed by atoms with Gasteiger partial charge >= 0.3 is 5.97 Å². The fourth-order valence-electron chi connectivity index (χ4n) is 1.80. The molecule has 0 aromatic heterocycles. The van der Waals surface area contributed by atoms with E-state index in [4.69, 9.17) is 16.7 Å². The molecule has 2 N–H and O–H groups in total. The molecule has 1 aliphatic rings. The number of carbonyl (C=O) groups is 2. The van der Waals surface area contributed by atoms with E-state index in [1.165, 1.54) is 0 Å². The lowest BCUT2D eigenvalue weighted by atomic mass is 10.1. The zero-order chi connectivity index (χ0) is 13.2. The van der Waals surface area contributed by atoms with Crippen LogP contribution in [0.4, 0.5) is 0 Å². The predicted octanol–water partition coefficient (Wildman–Crippen LogP) is 1.86. The molecule has 0 radical (unpaired) electrons. The third-order valence-corrected chi connectivity index (χ3v) is 3.46. The van der Waals surface area contributed by atoms with E-state index in [-0.39, 0.29) is 5.91 Å². The molecule has 0 saturated heterocycles. The summed E-state index contributed by atoms with van der Waals surface area (Å²) < 4.78 is 0. The molecule has 1 saturated carbocycles. The third-order valence-electron chi connectivity index (χ3n) is 3.21. The van der Waals surface area contributed by atoms with Crippen molar-refractivity contribution < 1.29 is 14.7 Å². The van der Waals surface area contributed by atoms with Crippen LogP contribution < -0.4 is 5.32 Å². The molecule has 4 nitrogen and oxygen atoms in total. The Labute approximate surface area is 110 Å². The van der Waals surface area contributed by atoms with Gasteiger partial charge in [-0.1, -0.05) is 23.7 Å². The monoisotopic (exact) mass is 267 g/mol. The van der Waals surface area contributed by atoms with Crippen LogP contribution in [0.25, 0.3) is 0 Å². The van der Waals surface area contributed by atoms with Crippen molar-refractivity contribution in [3.05, 3.63) is 34.9 Å². The van der Waals surface area contributed by atoms with E-state index >= 15 is 0 Å². The van der Waals surface area contributed by atoms with Crippen molar-refractivity contribution in [3.63, 3.8) is 0 Å². The van der Waals surface area contributed by atoms with Gasteiger partial charge in [-0.15, -0.1) is 0 Å². The second-order valence-corrected chi connectivity index (χ2v) is 4.96. The van der Waals surface area contributed by atoms with Gasteiger partial charge in [0.2, 0.25) is 5.91 Å². The van der Waals surface area contributed by atoms with Crippen LogP contribution in [0.2, 0.25) is 5.02 Å². The Kier molecular flexibility index (Phi) is 3.57. The predicted molar refractivity (Wildman–Crippen MR) is 67.5 cm³/mol. The minimum atomic E-state index is -1.15. The first kappa shape index (κ1) is 12.9. The van der Waals surface area contributed by atoms with E-state index < -0.39 is 11.4 Å². The average molecular weight is 268 g/mol. The molecule has 0 unspecified atom stereocenters. The summed E-state index contributed by atoms with van der Waals surface area (Å²) in [5, 5.41) is 12.3. The van der Waals surface area contributed by atoms with Crippen molar-refractivity contribution in [1.82, 2.24) is 5.32 Å². The Morgan fingerprint density at radius 3 is 2.39 bits per heavy atom. The molecule has 0 aliphatic heterocycles. The molecule has 18 heavy (non-hydrogen) atoms. The van der Waals surface area contributed by atoms with Crippen LogP contribution in [0, 0.1) is 5.41 Å². The van der Waals surface area contributed by atoms with Gasteiger partial charge in [0.15, 0.2) is 0 Å². The molecule has 1 amide bonds. The van der Waals surface area contributed by atoms with Gasteiger partial charge in [-0.3, -0.25) is 9.59 Å². The largest absolute Gasteiger partial charge is 0.480 e. The number of halogens is 1. The molecule has 0 bridgehead atoms. The highest BCUT2D eigenvalue weighted by Crippen LogP contribution is 2.45. The minimum absolute atomic E-state index is 0.371. The van der Waals surface area contributed by atoms with Gasteiger partial charge < -0.3 is 10.4 Å². The third kappa shape index (κ3) is 2.64. The van der Waals surface area contributed by atoms with Crippen molar-refractivity contribution in [2.45, 2.75) is 19.3 Å². The molecule has 0 atom stereocenters. The fourth-order valence-corrected chi connectivity index (χ4v) is 1.93. The van der Waals surface area contributed by atoms with Crippen LogP contribution >= 0.6 is 11.6 Å². The topological polar surface area (TPSA) is 66.4 Å². The number of carbonyl (C=O) groups excluding carboxylic acids is 1. The highest BCUT2D eigenvalue weighted by atomic mass is 35.5. The molecule has 1 aromatic carbocycles. The molecule has 0 spiro atoms. The molecular weight excluding hydrogens is 254 g/mol. The second kappa shape index (κ2) is 4.98. The number of benzene rings is 1. The lowest BCUT2D eigenvalue weighted by Crippen LogP contribution is -2.37. The maximum atomic E-state index is 11.7. The van der Waals surface area contributed by atoms with Crippen LogP contribution in [0.15, 0.2) is 24.3 Å². The number of rotatable bonds is 5. The fraction of sp³-hybridized carbons (Fsp3) is 0.385. The first-order valence-corrected chi connectivity index (χ1v) is 6.18. The number of hydrogen-bond donors (Lipinski definition) is 2. The minimum Gasteiger partial charge on any atom is -0.480 e. The van der Waals surface area contributed by atoms with Crippen molar-refractivity contribution >= 4 is 23.5 Å². The molecule has 96 valence electrons. The Balaban J connectivity index is 1.81. The summed E-state index contributed by atoms with van der Waals surface area (Å²) in [5.74, 6) is -1.39. The molecule has 1 fully saturated rings. The lowest BCUT2D eigenvalue weighted by Gasteiger charge is -2.10. The zero-order valence-corrected chi connectivity index (χ0v) is 10.5. The van der Waals surface area contributed by atoms with Crippen LogP contribution in [0.1, 0.15) is 18.4 Å². The summed E-state index contributed by atoms with van der Waals surface area (Å²) >= 11 is 5.76. The van der Waals surface area contributed by atoms with Crippen LogP contribution in [-0.4, -0.2) is 23.5 Å². The summed E-state index contributed by atoms with van der Waals surface area (Å²) in [6.45, 7) is 0.440. The van der Waals surface area contributed by atoms with E-state index in [2.05, 4.69) is 5.32 Å². The first-order chi connectivity index (χ1) is 8.54. The van der Waals surface area contributed by atoms with E-state index in [0.717, 1.165) is 5.56 Å². The smallest absolute Gasteiger partial charge is 0.319 e. The van der Waals surface area contributed by atoms with Crippen molar-refractivity contribution in [1.29, 1.82) is 0 Å². The number of carboxylic acids is 1. The van der Waals surface area contributed by atoms with Crippen molar-refractivity contribution in [2.75, 3.05) is 6.54 Å². The quantitative estimate of drug-likeness (QED) is 0.801. The van der Waals surface area contributed by atoms with Crippen molar-refractivity contribution in [3.8, 4) is 0 Å². The number of aliphatic carboxylic acids is 1. The number of hydrogen-bond acceptors (Lipinski definition) is 2. The summed E-state index contributed by atoms with van der Waals surface area (Å²) in [6, 6.07) is 7.35. The molecular formula is C13H14ClNO3. The van der Waals surface area contributed by atoms with Gasteiger partial charge in [-0.25, -0.2) is 0 Å². The molecule has 2 rings (SSSR count). The van der Waals surface area contributed by atoms with Crippen LogP contribution in [0.3, 0.4) is 0 Å². The highest BCUT2D eigenvalue weighted by molar-refractivity contribution is 6.30. The van der Waals surface area contributed by atoms with Gasteiger partial charge in [0.1, 0.15) is 5.41 Å².